The summed E-state index contributed by atoms with van der Waals surface area (Å²) in [7, 11) is 0. The Morgan fingerprint density at radius 3 is 2.65 bits per heavy atom. The number of carboxylic acids is 1. The van der Waals surface area contributed by atoms with Gasteiger partial charge in [0.25, 0.3) is 0 Å². The first-order valence-corrected chi connectivity index (χ1v) is 7.05. The van der Waals surface area contributed by atoms with Crippen molar-refractivity contribution in [1.29, 1.82) is 0 Å². The van der Waals surface area contributed by atoms with Gasteiger partial charge in [-0.05, 0) is 31.5 Å². The second-order valence-electron chi connectivity index (χ2n) is 4.62. The average Bonchev–Trinajstić information content (AvgIpc) is 2.43. The molecule has 0 spiro atoms. The van der Waals surface area contributed by atoms with Crippen LogP contribution in [-0.4, -0.2) is 37.4 Å². The molecular weight excluding hydrogens is 256 g/mol. The van der Waals surface area contributed by atoms with Crippen molar-refractivity contribution in [2.24, 2.45) is 0 Å². The highest BCUT2D eigenvalue weighted by Crippen LogP contribution is 2.24. The van der Waals surface area contributed by atoms with E-state index in [-0.39, 0.29) is 5.56 Å². The number of hydrogen-bond donors (Lipinski definition) is 2. The molecule has 0 aliphatic carbocycles. The van der Waals surface area contributed by atoms with Crippen molar-refractivity contribution in [3.63, 3.8) is 0 Å². The van der Waals surface area contributed by atoms with Crippen LogP contribution >= 0.6 is 0 Å². The highest BCUT2D eigenvalue weighted by atomic mass is 16.5. The third kappa shape index (κ3) is 4.74. The van der Waals surface area contributed by atoms with Gasteiger partial charge in [-0.1, -0.05) is 13.3 Å². The molecule has 5 heteroatoms. The number of ether oxygens (including phenoxy) is 1. The topological polar surface area (TPSA) is 75.8 Å². The highest BCUT2D eigenvalue weighted by Gasteiger charge is 2.11. The SMILES string of the molecule is CCCCOCCN(CC)c1ccc(C(=O)O)cc1N. The van der Waals surface area contributed by atoms with Crippen molar-refractivity contribution in [1.82, 2.24) is 0 Å². The number of aromatic carboxylic acids is 1. The number of unbranched alkanes of at least 4 members (excludes halogenated alkanes) is 1. The number of carboxylic acid groups (broad SMARTS) is 1. The zero-order valence-corrected chi connectivity index (χ0v) is 12.3. The van der Waals surface area contributed by atoms with Gasteiger partial charge in [-0.25, -0.2) is 4.79 Å². The molecule has 0 unspecified atom stereocenters. The molecule has 0 atom stereocenters. The number of likely N-dealkylation sites (N-methyl/N-ethyl adjacent to an activating group) is 1. The summed E-state index contributed by atoms with van der Waals surface area (Å²) in [6.45, 7) is 7.14. The minimum atomic E-state index is -0.964. The summed E-state index contributed by atoms with van der Waals surface area (Å²) in [5.74, 6) is -0.964. The Morgan fingerprint density at radius 2 is 2.10 bits per heavy atom. The van der Waals surface area contributed by atoms with E-state index >= 15 is 0 Å². The van der Waals surface area contributed by atoms with Gasteiger partial charge in [0.05, 0.1) is 23.5 Å². The Bertz CT molecular complexity index is 435. The zero-order chi connectivity index (χ0) is 15.0. The van der Waals surface area contributed by atoms with Gasteiger partial charge in [-0.15, -0.1) is 0 Å². The molecule has 20 heavy (non-hydrogen) atoms. The zero-order valence-electron chi connectivity index (χ0n) is 12.3. The molecule has 0 saturated carbocycles. The minimum Gasteiger partial charge on any atom is -0.478 e. The average molecular weight is 280 g/mol. The summed E-state index contributed by atoms with van der Waals surface area (Å²) < 4.78 is 5.55. The van der Waals surface area contributed by atoms with Crippen molar-refractivity contribution in [2.75, 3.05) is 36.9 Å². The van der Waals surface area contributed by atoms with E-state index in [9.17, 15) is 4.79 Å². The van der Waals surface area contributed by atoms with Crippen LogP contribution < -0.4 is 10.6 Å². The second kappa shape index (κ2) is 8.43. The molecule has 1 aromatic carbocycles. The van der Waals surface area contributed by atoms with E-state index in [1.54, 1.807) is 12.1 Å². The number of nitrogens with zero attached hydrogens (tertiary/aromatic N) is 1. The molecule has 5 nitrogen and oxygen atoms in total. The molecule has 0 aromatic heterocycles. The summed E-state index contributed by atoms with van der Waals surface area (Å²) in [6.07, 6.45) is 2.20. The van der Waals surface area contributed by atoms with Crippen LogP contribution in [0.4, 0.5) is 11.4 Å². The quantitative estimate of drug-likeness (QED) is 0.537. The molecule has 0 fully saturated rings. The van der Waals surface area contributed by atoms with Crippen molar-refractivity contribution < 1.29 is 14.6 Å². The largest absolute Gasteiger partial charge is 0.478 e. The number of nitrogen functional groups attached to an aromatic ring is 1. The first-order chi connectivity index (χ1) is 9.60. The standard InChI is InChI=1S/C15H24N2O3/c1-3-5-9-20-10-8-17(4-2)14-7-6-12(15(18)19)11-13(14)16/h6-7,11H,3-5,8-10,16H2,1-2H3,(H,18,19). The van der Waals surface area contributed by atoms with Crippen molar-refractivity contribution in [2.45, 2.75) is 26.7 Å². The Labute approximate surface area is 120 Å². The molecule has 0 saturated heterocycles. The molecule has 3 N–H and O–H groups in total. The summed E-state index contributed by atoms with van der Waals surface area (Å²) in [4.78, 5) is 13.0. The first-order valence-electron chi connectivity index (χ1n) is 7.05. The molecule has 0 aliphatic rings. The summed E-state index contributed by atoms with van der Waals surface area (Å²) in [5.41, 5.74) is 7.50. The summed E-state index contributed by atoms with van der Waals surface area (Å²) >= 11 is 0. The maximum atomic E-state index is 10.9. The minimum absolute atomic E-state index is 0.210. The summed E-state index contributed by atoms with van der Waals surface area (Å²) in [6, 6.07) is 4.83. The van der Waals surface area contributed by atoms with Gasteiger partial charge in [0.15, 0.2) is 0 Å². The lowest BCUT2D eigenvalue weighted by atomic mass is 10.1. The third-order valence-electron chi connectivity index (χ3n) is 3.14. The molecule has 0 bridgehead atoms. The lowest BCUT2D eigenvalue weighted by molar-refractivity contribution is 0.0697. The van der Waals surface area contributed by atoms with E-state index in [4.69, 9.17) is 15.6 Å². The van der Waals surface area contributed by atoms with Gasteiger partial charge in [0, 0.05) is 19.7 Å². The lowest BCUT2D eigenvalue weighted by Crippen LogP contribution is -2.28. The van der Waals surface area contributed by atoms with Gasteiger partial charge in [-0.2, -0.15) is 0 Å². The third-order valence-corrected chi connectivity index (χ3v) is 3.14. The van der Waals surface area contributed by atoms with Crippen LogP contribution in [0.15, 0.2) is 18.2 Å². The van der Waals surface area contributed by atoms with Crippen molar-refractivity contribution >= 4 is 17.3 Å². The van der Waals surface area contributed by atoms with E-state index in [1.165, 1.54) is 6.07 Å². The number of nitrogens with two attached hydrogens (primary N) is 1. The fourth-order valence-corrected chi connectivity index (χ4v) is 1.95. The Kier molecular flexibility index (Phi) is 6.87. The molecule has 0 heterocycles. The van der Waals surface area contributed by atoms with E-state index < -0.39 is 5.97 Å². The normalized spacial score (nSPS) is 10.5. The van der Waals surface area contributed by atoms with Crippen LogP contribution in [0.25, 0.3) is 0 Å². The summed E-state index contributed by atoms with van der Waals surface area (Å²) in [5, 5.41) is 8.93. The van der Waals surface area contributed by atoms with Crippen molar-refractivity contribution in [3.8, 4) is 0 Å². The van der Waals surface area contributed by atoms with Gasteiger partial charge in [-0.3, -0.25) is 0 Å². The van der Waals surface area contributed by atoms with Gasteiger partial charge in [0.2, 0.25) is 0 Å². The Balaban J connectivity index is 2.63. The highest BCUT2D eigenvalue weighted by molar-refractivity contribution is 5.90. The molecule has 0 aliphatic heterocycles. The lowest BCUT2D eigenvalue weighted by Gasteiger charge is -2.24. The molecular formula is C15H24N2O3. The van der Waals surface area contributed by atoms with Crippen molar-refractivity contribution in [3.05, 3.63) is 23.8 Å². The van der Waals surface area contributed by atoms with E-state index in [0.29, 0.717) is 12.3 Å². The smallest absolute Gasteiger partial charge is 0.335 e. The fourth-order valence-electron chi connectivity index (χ4n) is 1.95. The number of anilines is 2. The first kappa shape index (κ1) is 16.3. The van der Waals surface area contributed by atoms with E-state index in [2.05, 4.69) is 11.8 Å². The predicted molar refractivity (Wildman–Crippen MR) is 81.4 cm³/mol. The number of hydrogen-bond acceptors (Lipinski definition) is 4. The molecule has 1 rings (SSSR count). The second-order valence-corrected chi connectivity index (χ2v) is 4.62. The van der Waals surface area contributed by atoms with Crippen LogP contribution in [0, 0.1) is 0 Å². The monoisotopic (exact) mass is 280 g/mol. The molecule has 0 amide bonds. The van der Waals surface area contributed by atoms with Crippen LogP contribution in [-0.2, 0) is 4.74 Å². The Hall–Kier alpha value is -1.75. The molecule has 1 aromatic rings. The fraction of sp³-hybridized carbons (Fsp3) is 0.533. The molecule has 112 valence electrons. The van der Waals surface area contributed by atoms with E-state index in [0.717, 1.165) is 38.2 Å². The number of carbonyl (C=O) groups is 1. The van der Waals surface area contributed by atoms with Crippen LogP contribution in [0.1, 0.15) is 37.0 Å². The van der Waals surface area contributed by atoms with Gasteiger partial charge >= 0.3 is 5.97 Å². The maximum Gasteiger partial charge on any atom is 0.335 e. The van der Waals surface area contributed by atoms with E-state index in [1.807, 2.05) is 6.92 Å². The van der Waals surface area contributed by atoms with Crippen LogP contribution in [0.5, 0.6) is 0 Å². The Morgan fingerprint density at radius 1 is 1.35 bits per heavy atom. The van der Waals surface area contributed by atoms with Crippen LogP contribution in [0.3, 0.4) is 0 Å². The predicted octanol–water partition coefficient (Wildman–Crippen LogP) is 2.61. The van der Waals surface area contributed by atoms with Gasteiger partial charge in [0.1, 0.15) is 0 Å². The number of benzene rings is 1. The molecule has 0 radical (unpaired) electrons. The maximum absolute atomic E-state index is 10.9. The van der Waals surface area contributed by atoms with Crippen LogP contribution in [0.2, 0.25) is 0 Å². The van der Waals surface area contributed by atoms with Gasteiger partial charge < -0.3 is 20.5 Å². The number of rotatable bonds is 9.